The Kier molecular flexibility index (Phi) is 4.65. The van der Waals surface area contributed by atoms with Gasteiger partial charge in [0.05, 0.1) is 5.56 Å². The number of amides is 1. The summed E-state index contributed by atoms with van der Waals surface area (Å²) >= 11 is 0. The minimum Gasteiger partial charge on any atom is -0.508 e. The Hall–Kier alpha value is -2.11. The molecule has 0 saturated heterocycles. The predicted octanol–water partition coefficient (Wildman–Crippen LogP) is 1.51. The lowest BCUT2D eigenvalue weighted by molar-refractivity contribution is -0.139. The Labute approximate surface area is 103 Å². The van der Waals surface area contributed by atoms with Gasteiger partial charge in [-0.15, -0.1) is 0 Å². The van der Waals surface area contributed by atoms with E-state index < -0.39 is 23.7 Å². The molecule has 0 heterocycles. The predicted molar refractivity (Wildman–Crippen MR) is 61.9 cm³/mol. The molecule has 98 valence electrons. The molecule has 0 fully saturated rings. The van der Waals surface area contributed by atoms with Gasteiger partial charge < -0.3 is 15.5 Å². The number of nitrogens with one attached hydrogen (secondary N) is 1. The molecule has 0 bridgehead atoms. The van der Waals surface area contributed by atoms with Gasteiger partial charge in [0, 0.05) is 6.07 Å². The lowest BCUT2D eigenvalue weighted by Crippen LogP contribution is -2.40. The number of rotatable bonds is 5. The van der Waals surface area contributed by atoms with Crippen LogP contribution in [0.1, 0.15) is 30.1 Å². The summed E-state index contributed by atoms with van der Waals surface area (Å²) in [5.74, 6) is -3.17. The summed E-state index contributed by atoms with van der Waals surface area (Å²) in [6.45, 7) is 1.78. The van der Waals surface area contributed by atoms with E-state index in [-0.39, 0.29) is 17.7 Å². The molecular formula is C12H14FNO4. The van der Waals surface area contributed by atoms with E-state index in [0.29, 0.717) is 6.42 Å². The quantitative estimate of drug-likeness (QED) is 0.744. The van der Waals surface area contributed by atoms with Crippen LogP contribution in [0.4, 0.5) is 4.39 Å². The van der Waals surface area contributed by atoms with E-state index >= 15 is 0 Å². The fraction of sp³-hybridized carbons (Fsp3) is 0.333. The fourth-order valence-corrected chi connectivity index (χ4v) is 1.47. The van der Waals surface area contributed by atoms with E-state index in [2.05, 4.69) is 5.32 Å². The number of hydrogen-bond donors (Lipinski definition) is 3. The summed E-state index contributed by atoms with van der Waals surface area (Å²) in [5, 5.41) is 20.1. The van der Waals surface area contributed by atoms with Gasteiger partial charge in [0.15, 0.2) is 0 Å². The normalized spacial score (nSPS) is 11.9. The highest BCUT2D eigenvalue weighted by Gasteiger charge is 2.21. The van der Waals surface area contributed by atoms with Gasteiger partial charge >= 0.3 is 5.97 Å². The number of hydrogen-bond acceptors (Lipinski definition) is 3. The van der Waals surface area contributed by atoms with Crippen molar-refractivity contribution < 1.29 is 24.2 Å². The molecule has 0 spiro atoms. The molecule has 3 N–H and O–H groups in total. The van der Waals surface area contributed by atoms with Crippen LogP contribution < -0.4 is 5.32 Å². The first kappa shape index (κ1) is 14.0. The monoisotopic (exact) mass is 255 g/mol. The second kappa shape index (κ2) is 6.00. The number of phenolic OH excluding ortho intramolecular Hbond substituents is 1. The zero-order valence-corrected chi connectivity index (χ0v) is 9.81. The molecule has 0 aliphatic rings. The summed E-state index contributed by atoms with van der Waals surface area (Å²) in [4.78, 5) is 22.5. The molecule has 5 nitrogen and oxygen atoms in total. The number of halogens is 1. The lowest BCUT2D eigenvalue weighted by Gasteiger charge is -2.13. The first-order valence-electron chi connectivity index (χ1n) is 5.48. The minimum atomic E-state index is -1.16. The summed E-state index contributed by atoms with van der Waals surface area (Å²) in [7, 11) is 0. The van der Waals surface area contributed by atoms with Crippen molar-refractivity contribution in [2.24, 2.45) is 0 Å². The van der Waals surface area contributed by atoms with Crippen molar-refractivity contribution in [3.05, 3.63) is 29.6 Å². The Morgan fingerprint density at radius 3 is 2.61 bits per heavy atom. The first-order valence-corrected chi connectivity index (χ1v) is 5.48. The summed E-state index contributed by atoms with van der Waals surface area (Å²) < 4.78 is 13.4. The van der Waals surface area contributed by atoms with Crippen molar-refractivity contribution in [2.75, 3.05) is 0 Å². The molecule has 1 amide bonds. The van der Waals surface area contributed by atoms with Crippen LogP contribution in [0.5, 0.6) is 5.75 Å². The van der Waals surface area contributed by atoms with E-state index in [1.807, 2.05) is 0 Å². The van der Waals surface area contributed by atoms with Crippen LogP contribution >= 0.6 is 0 Å². The van der Waals surface area contributed by atoms with Gasteiger partial charge in [-0.3, -0.25) is 4.79 Å². The molecule has 1 rings (SSSR count). The number of carbonyl (C=O) groups is 2. The van der Waals surface area contributed by atoms with Crippen molar-refractivity contribution in [3.63, 3.8) is 0 Å². The second-order valence-corrected chi connectivity index (χ2v) is 3.82. The van der Waals surface area contributed by atoms with Gasteiger partial charge in [-0.1, -0.05) is 13.3 Å². The lowest BCUT2D eigenvalue weighted by atomic mass is 10.1. The van der Waals surface area contributed by atoms with Gasteiger partial charge in [0.25, 0.3) is 5.91 Å². The van der Waals surface area contributed by atoms with Crippen LogP contribution in [-0.4, -0.2) is 28.1 Å². The Bertz CT molecular complexity index is 461. The number of aliphatic carboxylic acids is 1. The van der Waals surface area contributed by atoms with E-state index in [4.69, 9.17) is 10.2 Å². The molecule has 18 heavy (non-hydrogen) atoms. The van der Waals surface area contributed by atoms with Crippen LogP contribution in [0.2, 0.25) is 0 Å². The standard InChI is InChI=1S/C12H14FNO4/c1-2-3-10(12(17)18)14-11(16)8-5-4-7(15)6-9(8)13/h4-6,10,15H,2-3H2,1H3,(H,14,16)(H,17,18)/t10-/m0/s1. The van der Waals surface area contributed by atoms with Crippen LogP contribution in [-0.2, 0) is 4.79 Å². The average molecular weight is 255 g/mol. The molecule has 1 aromatic rings. The molecule has 6 heteroatoms. The zero-order valence-electron chi connectivity index (χ0n) is 9.81. The Balaban J connectivity index is 2.83. The van der Waals surface area contributed by atoms with Gasteiger partial charge in [-0.05, 0) is 18.6 Å². The van der Waals surface area contributed by atoms with Crippen molar-refractivity contribution in [3.8, 4) is 5.75 Å². The molecule has 1 aromatic carbocycles. The van der Waals surface area contributed by atoms with E-state index in [0.717, 1.165) is 18.2 Å². The summed E-state index contributed by atoms with van der Waals surface area (Å²) in [6, 6.07) is 2.01. The number of phenols is 1. The van der Waals surface area contributed by atoms with Crippen LogP contribution in [0.25, 0.3) is 0 Å². The SMILES string of the molecule is CCC[C@H](NC(=O)c1ccc(O)cc1F)C(=O)O. The highest BCUT2D eigenvalue weighted by molar-refractivity contribution is 5.96. The van der Waals surface area contributed by atoms with Crippen molar-refractivity contribution in [2.45, 2.75) is 25.8 Å². The molecule has 0 aromatic heterocycles. The maximum absolute atomic E-state index is 13.4. The Morgan fingerprint density at radius 1 is 1.44 bits per heavy atom. The number of carbonyl (C=O) groups excluding carboxylic acids is 1. The molecule has 0 aliphatic carbocycles. The van der Waals surface area contributed by atoms with E-state index in [1.165, 1.54) is 0 Å². The second-order valence-electron chi connectivity index (χ2n) is 3.82. The van der Waals surface area contributed by atoms with Crippen molar-refractivity contribution in [1.82, 2.24) is 5.32 Å². The molecular weight excluding hydrogens is 241 g/mol. The highest BCUT2D eigenvalue weighted by atomic mass is 19.1. The third-order valence-electron chi connectivity index (χ3n) is 2.38. The number of aromatic hydroxyl groups is 1. The number of benzene rings is 1. The summed E-state index contributed by atoms with van der Waals surface area (Å²) in [6.07, 6.45) is 0.843. The van der Waals surface area contributed by atoms with Crippen LogP contribution in [0, 0.1) is 5.82 Å². The third kappa shape index (κ3) is 3.44. The van der Waals surface area contributed by atoms with Gasteiger partial charge in [0.1, 0.15) is 17.6 Å². The highest BCUT2D eigenvalue weighted by Crippen LogP contribution is 2.15. The van der Waals surface area contributed by atoms with E-state index in [9.17, 15) is 14.0 Å². The van der Waals surface area contributed by atoms with Crippen LogP contribution in [0.3, 0.4) is 0 Å². The molecule has 0 radical (unpaired) electrons. The van der Waals surface area contributed by atoms with Crippen molar-refractivity contribution >= 4 is 11.9 Å². The van der Waals surface area contributed by atoms with Gasteiger partial charge in [-0.25, -0.2) is 9.18 Å². The van der Waals surface area contributed by atoms with Gasteiger partial charge in [-0.2, -0.15) is 0 Å². The minimum absolute atomic E-state index is 0.265. The van der Waals surface area contributed by atoms with Crippen molar-refractivity contribution in [1.29, 1.82) is 0 Å². The summed E-state index contributed by atoms with van der Waals surface area (Å²) in [5.41, 5.74) is -0.296. The number of carboxylic acid groups (broad SMARTS) is 1. The van der Waals surface area contributed by atoms with Gasteiger partial charge in [0.2, 0.25) is 0 Å². The zero-order chi connectivity index (χ0) is 13.7. The Morgan fingerprint density at radius 2 is 2.11 bits per heavy atom. The van der Waals surface area contributed by atoms with E-state index in [1.54, 1.807) is 6.92 Å². The molecule has 0 aliphatic heterocycles. The third-order valence-corrected chi connectivity index (χ3v) is 2.38. The first-order chi connectivity index (χ1) is 8.45. The maximum atomic E-state index is 13.4. The van der Waals surface area contributed by atoms with Crippen LogP contribution in [0.15, 0.2) is 18.2 Å². The number of carboxylic acids is 1. The largest absolute Gasteiger partial charge is 0.508 e. The maximum Gasteiger partial charge on any atom is 0.326 e. The smallest absolute Gasteiger partial charge is 0.326 e. The average Bonchev–Trinajstić information content (AvgIpc) is 2.27. The molecule has 0 unspecified atom stereocenters. The fourth-order valence-electron chi connectivity index (χ4n) is 1.47. The molecule has 1 atom stereocenters. The molecule has 0 saturated carbocycles. The topological polar surface area (TPSA) is 86.6 Å².